The van der Waals surface area contributed by atoms with Crippen molar-refractivity contribution >= 4 is 40.3 Å². The molecule has 5 nitrogen and oxygen atoms in total. The molecule has 0 spiro atoms. The van der Waals surface area contributed by atoms with Crippen molar-refractivity contribution in [1.29, 1.82) is 0 Å². The molecule has 2 rings (SSSR count). The van der Waals surface area contributed by atoms with E-state index in [1.807, 2.05) is 25.1 Å². The molecule has 0 aromatic heterocycles. The Kier molecular flexibility index (Phi) is 4.28. The molecule has 102 valence electrons. The van der Waals surface area contributed by atoms with Gasteiger partial charge in [-0.3, -0.25) is 0 Å². The van der Waals surface area contributed by atoms with Crippen LogP contribution in [0, 0.1) is 9.49 Å². The highest BCUT2D eigenvalue weighted by Gasteiger charge is 2.39. The van der Waals surface area contributed by atoms with Gasteiger partial charge in [0.1, 0.15) is 6.04 Å². The summed E-state index contributed by atoms with van der Waals surface area (Å²) in [6.45, 7) is 2.34. The maximum absolute atomic E-state index is 12.2. The number of halogens is 1. The summed E-state index contributed by atoms with van der Waals surface area (Å²) < 4.78 is 0.924. The van der Waals surface area contributed by atoms with Crippen molar-refractivity contribution in [2.24, 2.45) is 5.92 Å². The van der Waals surface area contributed by atoms with Crippen LogP contribution in [0.1, 0.15) is 13.3 Å². The molecule has 0 bridgehead atoms. The number of benzene rings is 1. The first-order chi connectivity index (χ1) is 9.00. The maximum Gasteiger partial charge on any atom is 0.326 e. The van der Waals surface area contributed by atoms with Crippen molar-refractivity contribution in [1.82, 2.24) is 4.90 Å². The summed E-state index contributed by atoms with van der Waals surface area (Å²) in [6.07, 6.45) is 0.719. The van der Waals surface area contributed by atoms with Gasteiger partial charge in [0, 0.05) is 10.1 Å². The fraction of sp³-hybridized carbons (Fsp3) is 0.385. The monoisotopic (exact) mass is 374 g/mol. The molecule has 0 aliphatic carbocycles. The van der Waals surface area contributed by atoms with Crippen molar-refractivity contribution < 1.29 is 14.7 Å². The molecule has 2 atom stereocenters. The minimum Gasteiger partial charge on any atom is -0.480 e. The average molecular weight is 374 g/mol. The van der Waals surface area contributed by atoms with E-state index in [0.29, 0.717) is 12.2 Å². The van der Waals surface area contributed by atoms with Crippen LogP contribution in [-0.2, 0) is 4.79 Å². The summed E-state index contributed by atoms with van der Waals surface area (Å²) >= 11 is 2.13. The van der Waals surface area contributed by atoms with E-state index in [0.717, 1.165) is 9.99 Å². The summed E-state index contributed by atoms with van der Waals surface area (Å²) in [5.74, 6) is -0.957. The number of carbonyl (C=O) groups excluding carboxylic acids is 1. The van der Waals surface area contributed by atoms with E-state index >= 15 is 0 Å². The Morgan fingerprint density at radius 2 is 2.11 bits per heavy atom. The van der Waals surface area contributed by atoms with Gasteiger partial charge in [-0.25, -0.2) is 9.59 Å². The van der Waals surface area contributed by atoms with E-state index in [-0.39, 0.29) is 11.9 Å². The van der Waals surface area contributed by atoms with Gasteiger partial charge in [-0.05, 0) is 47.1 Å². The molecule has 0 radical (unpaired) electrons. The highest BCUT2D eigenvalue weighted by molar-refractivity contribution is 14.1. The summed E-state index contributed by atoms with van der Waals surface area (Å²) in [4.78, 5) is 24.8. The van der Waals surface area contributed by atoms with Crippen LogP contribution in [0.25, 0.3) is 0 Å². The molecule has 0 saturated carbocycles. The normalized spacial score (nSPS) is 22.3. The zero-order valence-corrected chi connectivity index (χ0v) is 12.6. The molecule has 6 heteroatoms. The quantitative estimate of drug-likeness (QED) is 0.782. The topological polar surface area (TPSA) is 69.6 Å². The van der Waals surface area contributed by atoms with Crippen LogP contribution >= 0.6 is 22.6 Å². The third-order valence-electron chi connectivity index (χ3n) is 3.33. The molecule has 2 unspecified atom stereocenters. The third-order valence-corrected chi connectivity index (χ3v) is 4.27. The number of carbonyl (C=O) groups is 2. The Hall–Kier alpha value is -1.31. The van der Waals surface area contributed by atoms with Crippen LogP contribution in [0.3, 0.4) is 0 Å². The summed E-state index contributed by atoms with van der Waals surface area (Å²) in [6, 6.07) is 6.32. The molecule has 2 amide bonds. The molecule has 1 aromatic rings. The maximum atomic E-state index is 12.2. The first-order valence-corrected chi connectivity index (χ1v) is 7.13. The van der Waals surface area contributed by atoms with E-state index in [2.05, 4.69) is 27.9 Å². The molecule has 1 heterocycles. The minimum atomic E-state index is -0.942. The fourth-order valence-electron chi connectivity index (χ4n) is 2.30. The molecule has 1 aliphatic heterocycles. The summed E-state index contributed by atoms with van der Waals surface area (Å²) in [7, 11) is 0. The van der Waals surface area contributed by atoms with E-state index < -0.39 is 12.0 Å². The number of hydrogen-bond donors (Lipinski definition) is 2. The lowest BCUT2D eigenvalue weighted by Gasteiger charge is -2.23. The number of urea groups is 1. The van der Waals surface area contributed by atoms with Gasteiger partial charge in [-0.15, -0.1) is 0 Å². The van der Waals surface area contributed by atoms with Crippen LogP contribution in [0.2, 0.25) is 0 Å². The molecule has 1 saturated heterocycles. The number of rotatable bonds is 2. The van der Waals surface area contributed by atoms with Crippen LogP contribution in [0.5, 0.6) is 0 Å². The van der Waals surface area contributed by atoms with E-state index in [1.54, 1.807) is 6.07 Å². The van der Waals surface area contributed by atoms with Gasteiger partial charge in [0.2, 0.25) is 0 Å². The number of hydrogen-bond acceptors (Lipinski definition) is 2. The Morgan fingerprint density at radius 3 is 2.74 bits per heavy atom. The predicted octanol–water partition coefficient (Wildman–Crippen LogP) is 2.62. The summed E-state index contributed by atoms with van der Waals surface area (Å²) in [5.41, 5.74) is 0.705. The van der Waals surface area contributed by atoms with Crippen molar-refractivity contribution in [3.05, 3.63) is 27.8 Å². The average Bonchev–Trinajstić information content (AvgIpc) is 2.74. The van der Waals surface area contributed by atoms with E-state index in [9.17, 15) is 14.7 Å². The number of nitrogens with one attached hydrogen (secondary N) is 1. The van der Waals surface area contributed by atoms with Crippen molar-refractivity contribution in [2.75, 3.05) is 11.9 Å². The molecule has 2 N–H and O–H groups in total. The number of carboxylic acids is 1. The second-order valence-corrected chi connectivity index (χ2v) is 5.81. The van der Waals surface area contributed by atoms with Crippen LogP contribution < -0.4 is 5.32 Å². The molecule has 19 heavy (non-hydrogen) atoms. The lowest BCUT2D eigenvalue weighted by atomic mass is 10.0. The summed E-state index contributed by atoms with van der Waals surface area (Å²) in [5, 5.41) is 12.0. The molecule has 1 aliphatic rings. The van der Waals surface area contributed by atoms with Crippen molar-refractivity contribution in [3.8, 4) is 0 Å². The number of nitrogens with zero attached hydrogens (tertiary/aromatic N) is 1. The van der Waals surface area contributed by atoms with Crippen LogP contribution in [0.15, 0.2) is 24.3 Å². The van der Waals surface area contributed by atoms with Gasteiger partial charge in [0.25, 0.3) is 0 Å². The van der Waals surface area contributed by atoms with Gasteiger partial charge in [0.15, 0.2) is 0 Å². The first kappa shape index (κ1) is 14.1. The van der Waals surface area contributed by atoms with Crippen LogP contribution in [0.4, 0.5) is 10.5 Å². The van der Waals surface area contributed by atoms with Gasteiger partial charge in [-0.1, -0.05) is 19.1 Å². The van der Waals surface area contributed by atoms with Gasteiger partial charge >= 0.3 is 12.0 Å². The minimum absolute atomic E-state index is 0.0157. The van der Waals surface area contributed by atoms with Gasteiger partial charge in [-0.2, -0.15) is 0 Å². The number of likely N-dealkylation sites (tertiary alicyclic amines) is 1. The second-order valence-electron chi connectivity index (χ2n) is 4.65. The lowest BCUT2D eigenvalue weighted by Crippen LogP contribution is -2.44. The fourth-order valence-corrected chi connectivity index (χ4v) is 2.82. The first-order valence-electron chi connectivity index (χ1n) is 6.05. The van der Waals surface area contributed by atoms with Gasteiger partial charge < -0.3 is 15.3 Å². The van der Waals surface area contributed by atoms with Crippen molar-refractivity contribution in [3.63, 3.8) is 0 Å². The van der Waals surface area contributed by atoms with Gasteiger partial charge in [0.05, 0.1) is 5.69 Å². The Morgan fingerprint density at radius 1 is 1.42 bits per heavy atom. The largest absolute Gasteiger partial charge is 0.480 e. The molecular formula is C13H15IN2O3. The highest BCUT2D eigenvalue weighted by Crippen LogP contribution is 2.25. The Bertz CT molecular complexity index is 506. The number of carboxylic acid groups (broad SMARTS) is 1. The van der Waals surface area contributed by atoms with Crippen LogP contribution in [-0.4, -0.2) is 34.6 Å². The van der Waals surface area contributed by atoms with E-state index in [1.165, 1.54) is 4.90 Å². The second kappa shape index (κ2) is 5.77. The SMILES string of the molecule is CC1CCN(C(=O)Nc2ccccc2I)C1C(=O)O. The number of aliphatic carboxylic acids is 1. The number of para-hydroxylation sites is 1. The Labute approximate surface area is 125 Å². The van der Waals surface area contributed by atoms with Crippen molar-refractivity contribution in [2.45, 2.75) is 19.4 Å². The Balaban J connectivity index is 2.12. The molecule has 1 aromatic carbocycles. The zero-order chi connectivity index (χ0) is 14.0. The lowest BCUT2D eigenvalue weighted by molar-refractivity contribution is -0.142. The number of anilines is 1. The van der Waals surface area contributed by atoms with E-state index in [4.69, 9.17) is 0 Å². The number of amides is 2. The third kappa shape index (κ3) is 2.99. The highest BCUT2D eigenvalue weighted by atomic mass is 127. The molecular weight excluding hydrogens is 359 g/mol. The predicted molar refractivity (Wildman–Crippen MR) is 80.1 cm³/mol. The molecule has 1 fully saturated rings. The standard InChI is InChI=1S/C13H15IN2O3/c1-8-6-7-16(11(8)12(17)18)13(19)15-10-5-3-2-4-9(10)14/h2-5,8,11H,6-7H2,1H3,(H,15,19)(H,17,18). The smallest absolute Gasteiger partial charge is 0.326 e. The zero-order valence-electron chi connectivity index (χ0n) is 10.5.